The summed E-state index contributed by atoms with van der Waals surface area (Å²) < 4.78 is 0. The first kappa shape index (κ1) is 20.7. The Kier molecular flexibility index (Phi) is 5.73. The summed E-state index contributed by atoms with van der Waals surface area (Å²) in [5.41, 5.74) is 4.68. The number of para-hydroxylation sites is 1. The molecule has 0 bridgehead atoms. The number of azo groups is 1. The number of hydrogen-bond acceptors (Lipinski definition) is 5. The zero-order valence-electron chi connectivity index (χ0n) is 17.4. The number of hydrogen-bond donors (Lipinski definition) is 3. The topological polar surface area (TPSA) is 106 Å². The molecule has 5 rings (SSSR count). The molecule has 2 aromatic heterocycles. The third-order valence-electron chi connectivity index (χ3n) is 5.05. The molecule has 3 N–H and O–H groups in total. The van der Waals surface area contributed by atoms with Gasteiger partial charge in [-0.05, 0) is 6.07 Å². The van der Waals surface area contributed by atoms with Gasteiger partial charge in [-0.25, -0.2) is 4.98 Å². The molecule has 5 aromatic rings. The maximum Gasteiger partial charge on any atom is 0.275 e. The predicted octanol–water partition coefficient (Wildman–Crippen LogP) is 6.33. The van der Waals surface area contributed by atoms with E-state index in [0.29, 0.717) is 10.5 Å². The second-order valence-electron chi connectivity index (χ2n) is 7.25. The van der Waals surface area contributed by atoms with E-state index >= 15 is 0 Å². The fraction of sp³-hybridized carbons (Fsp3) is 0.0400. The highest BCUT2D eigenvalue weighted by Crippen LogP contribution is 2.35. The number of fused-ring (bicyclic) bond motifs is 1. The smallest absolute Gasteiger partial charge is 0.275 e. The first-order valence-electron chi connectivity index (χ1n) is 10.3. The Morgan fingerprint density at radius 1 is 0.879 bits per heavy atom. The summed E-state index contributed by atoms with van der Waals surface area (Å²) in [5, 5.41) is 19.1. The normalized spacial score (nSPS) is 11.4. The van der Waals surface area contributed by atoms with Crippen molar-refractivity contribution < 1.29 is 9.90 Å². The lowest BCUT2D eigenvalue weighted by Gasteiger charge is -2.02. The minimum absolute atomic E-state index is 0.0581. The van der Waals surface area contributed by atoms with Gasteiger partial charge in [0.15, 0.2) is 10.8 Å². The first-order valence-corrected chi connectivity index (χ1v) is 11.3. The van der Waals surface area contributed by atoms with Crippen LogP contribution < -0.4 is 0 Å². The molecule has 162 valence electrons. The summed E-state index contributed by atoms with van der Waals surface area (Å²) in [6.07, 6.45) is 0. The van der Waals surface area contributed by atoms with E-state index in [0.717, 1.165) is 28.0 Å². The molecule has 1 amide bonds. The van der Waals surface area contributed by atoms with E-state index in [1.807, 2.05) is 78.9 Å². The van der Waals surface area contributed by atoms with Gasteiger partial charge in [0.2, 0.25) is 5.88 Å². The summed E-state index contributed by atoms with van der Waals surface area (Å²) in [6, 6.07) is 27.1. The van der Waals surface area contributed by atoms with Crippen molar-refractivity contribution in [2.24, 2.45) is 10.2 Å². The SMILES string of the molecule is O=C(CSc1nc(-c2ccccc2)c(-c2ccccc2)[nH]1)N=Nc1c(O)[nH]c2ccccc12. The molecule has 0 saturated heterocycles. The Labute approximate surface area is 193 Å². The van der Waals surface area contributed by atoms with Crippen LogP contribution in [0.4, 0.5) is 5.69 Å². The number of nitrogens with one attached hydrogen (secondary N) is 2. The van der Waals surface area contributed by atoms with Crippen molar-refractivity contribution >= 4 is 34.3 Å². The maximum atomic E-state index is 12.4. The second-order valence-corrected chi connectivity index (χ2v) is 8.21. The Balaban J connectivity index is 1.35. The Bertz CT molecular complexity index is 1380. The average Bonchev–Trinajstić information content (AvgIpc) is 3.43. The number of aromatic nitrogens is 3. The number of imidazole rings is 1. The Morgan fingerprint density at radius 3 is 2.30 bits per heavy atom. The van der Waals surface area contributed by atoms with Gasteiger partial charge in [-0.3, -0.25) is 4.79 Å². The molecule has 0 fully saturated rings. The molecule has 7 nitrogen and oxygen atoms in total. The highest BCUT2D eigenvalue weighted by atomic mass is 32.2. The van der Waals surface area contributed by atoms with Crippen LogP contribution in [0.25, 0.3) is 33.4 Å². The summed E-state index contributed by atoms with van der Waals surface area (Å²) >= 11 is 1.26. The monoisotopic (exact) mass is 453 g/mol. The molecular weight excluding hydrogens is 434 g/mol. The third kappa shape index (κ3) is 4.42. The summed E-state index contributed by atoms with van der Waals surface area (Å²) in [5.74, 6) is -0.488. The maximum absolute atomic E-state index is 12.4. The average molecular weight is 454 g/mol. The number of H-pyrrole nitrogens is 2. The standard InChI is InChI=1S/C25H19N5O2S/c31-20(29-30-23-18-13-7-8-14-19(18)26-24(23)32)15-33-25-27-21(16-9-3-1-4-10-16)22(28-25)17-11-5-2-6-12-17/h1-14,26,32H,15H2,(H,27,28). The number of nitrogens with zero attached hydrogens (tertiary/aromatic N) is 3. The van der Waals surface area contributed by atoms with Gasteiger partial charge in [0.25, 0.3) is 5.91 Å². The zero-order valence-corrected chi connectivity index (χ0v) is 18.2. The van der Waals surface area contributed by atoms with Crippen LogP contribution >= 0.6 is 11.8 Å². The van der Waals surface area contributed by atoms with Crippen molar-refractivity contribution in [1.82, 2.24) is 15.0 Å². The minimum Gasteiger partial charge on any atom is -0.493 e. The van der Waals surface area contributed by atoms with E-state index < -0.39 is 5.91 Å². The Morgan fingerprint density at radius 2 is 1.55 bits per heavy atom. The summed E-state index contributed by atoms with van der Waals surface area (Å²) in [7, 11) is 0. The molecule has 0 aliphatic carbocycles. The van der Waals surface area contributed by atoms with Crippen LogP contribution in [0.3, 0.4) is 0 Å². The molecule has 0 aliphatic rings. The quantitative estimate of drug-likeness (QED) is 0.206. The summed E-state index contributed by atoms with van der Waals surface area (Å²) in [4.78, 5) is 23.3. The number of carbonyl (C=O) groups excluding carboxylic acids is 1. The molecule has 0 unspecified atom stereocenters. The lowest BCUT2D eigenvalue weighted by Crippen LogP contribution is -1.96. The van der Waals surface area contributed by atoms with Crippen LogP contribution in [0.2, 0.25) is 0 Å². The highest BCUT2D eigenvalue weighted by molar-refractivity contribution is 7.99. The van der Waals surface area contributed by atoms with E-state index in [1.54, 1.807) is 6.07 Å². The van der Waals surface area contributed by atoms with Crippen molar-refractivity contribution in [2.45, 2.75) is 5.16 Å². The molecule has 33 heavy (non-hydrogen) atoms. The van der Waals surface area contributed by atoms with E-state index in [-0.39, 0.29) is 17.3 Å². The molecule has 2 heterocycles. The molecule has 0 spiro atoms. The number of aromatic amines is 2. The van der Waals surface area contributed by atoms with Crippen LogP contribution in [0.1, 0.15) is 0 Å². The van der Waals surface area contributed by atoms with Crippen LogP contribution in [0.15, 0.2) is 100 Å². The number of thioether (sulfide) groups is 1. The van der Waals surface area contributed by atoms with Gasteiger partial charge in [0.1, 0.15) is 0 Å². The molecule has 0 aliphatic heterocycles. The Hall–Kier alpha value is -4.17. The van der Waals surface area contributed by atoms with E-state index in [9.17, 15) is 9.90 Å². The van der Waals surface area contributed by atoms with Gasteiger partial charge in [-0.15, -0.1) is 10.2 Å². The third-order valence-corrected chi connectivity index (χ3v) is 5.90. The van der Waals surface area contributed by atoms with Crippen LogP contribution in [-0.2, 0) is 4.79 Å². The van der Waals surface area contributed by atoms with Crippen molar-refractivity contribution in [1.29, 1.82) is 0 Å². The predicted molar refractivity (Wildman–Crippen MR) is 130 cm³/mol. The van der Waals surface area contributed by atoms with E-state index in [1.165, 1.54) is 11.8 Å². The van der Waals surface area contributed by atoms with E-state index in [2.05, 4.69) is 20.2 Å². The van der Waals surface area contributed by atoms with Gasteiger partial charge in [-0.1, -0.05) is 90.6 Å². The van der Waals surface area contributed by atoms with Crippen molar-refractivity contribution in [3.8, 4) is 28.4 Å². The molecule has 0 atom stereocenters. The highest BCUT2D eigenvalue weighted by Gasteiger charge is 2.15. The number of aromatic hydroxyl groups is 1. The summed E-state index contributed by atoms with van der Waals surface area (Å²) in [6.45, 7) is 0. The first-order chi connectivity index (χ1) is 16.2. The fourth-order valence-corrected chi connectivity index (χ4v) is 4.17. The fourth-order valence-electron chi connectivity index (χ4n) is 3.52. The van der Waals surface area contributed by atoms with Gasteiger partial charge in [0, 0.05) is 16.5 Å². The van der Waals surface area contributed by atoms with Gasteiger partial charge >= 0.3 is 0 Å². The van der Waals surface area contributed by atoms with Gasteiger partial charge in [0.05, 0.1) is 22.7 Å². The molecular formula is C25H19N5O2S. The van der Waals surface area contributed by atoms with Crippen molar-refractivity contribution in [2.75, 3.05) is 5.75 Å². The number of benzene rings is 3. The number of rotatable bonds is 6. The molecule has 0 radical (unpaired) electrons. The van der Waals surface area contributed by atoms with Crippen LogP contribution in [-0.4, -0.2) is 31.7 Å². The zero-order chi connectivity index (χ0) is 22.6. The van der Waals surface area contributed by atoms with Gasteiger partial charge < -0.3 is 15.1 Å². The minimum atomic E-state index is -0.427. The molecule has 3 aromatic carbocycles. The molecule has 0 saturated carbocycles. The van der Waals surface area contributed by atoms with Crippen LogP contribution in [0, 0.1) is 0 Å². The van der Waals surface area contributed by atoms with Crippen LogP contribution in [0.5, 0.6) is 5.88 Å². The number of carbonyl (C=O) groups is 1. The molecule has 8 heteroatoms. The largest absolute Gasteiger partial charge is 0.493 e. The van der Waals surface area contributed by atoms with Gasteiger partial charge in [-0.2, -0.15) is 0 Å². The van der Waals surface area contributed by atoms with E-state index in [4.69, 9.17) is 4.98 Å². The second kappa shape index (κ2) is 9.13. The lowest BCUT2D eigenvalue weighted by molar-refractivity contribution is -0.115. The van der Waals surface area contributed by atoms with Crippen molar-refractivity contribution in [3.05, 3.63) is 84.9 Å². The van der Waals surface area contributed by atoms with Crippen molar-refractivity contribution in [3.63, 3.8) is 0 Å². The lowest BCUT2D eigenvalue weighted by atomic mass is 10.1. The number of amides is 1.